The number of hydrogen-bond acceptors (Lipinski definition) is 4. The Balaban J connectivity index is 2.28. The Morgan fingerprint density at radius 3 is 2.81 bits per heavy atom. The molecule has 0 saturated carbocycles. The van der Waals surface area contributed by atoms with Crippen LogP contribution in [0.15, 0.2) is 27.6 Å². The molecule has 21 heavy (non-hydrogen) atoms. The van der Waals surface area contributed by atoms with Crippen molar-refractivity contribution in [1.82, 2.24) is 4.31 Å². The zero-order valence-corrected chi connectivity index (χ0v) is 13.8. The smallest absolute Gasteiger partial charge is 0.309 e. The molecule has 1 aromatic rings. The molecule has 0 unspecified atom stereocenters. The van der Waals surface area contributed by atoms with Crippen LogP contribution in [0.5, 0.6) is 0 Å². The average Bonchev–Trinajstić information content (AvgIpc) is 2.46. The van der Waals surface area contributed by atoms with Crippen molar-refractivity contribution < 1.29 is 22.3 Å². The number of ether oxygens (including phenoxy) is 1. The van der Waals surface area contributed by atoms with Crippen molar-refractivity contribution in [2.24, 2.45) is 5.92 Å². The normalized spacial score (nSPS) is 20.2. The van der Waals surface area contributed by atoms with Crippen LogP contribution in [-0.2, 0) is 19.6 Å². The summed E-state index contributed by atoms with van der Waals surface area (Å²) in [5.74, 6) is -1.76. The third-order valence-corrected chi connectivity index (χ3v) is 5.82. The van der Waals surface area contributed by atoms with E-state index in [0.717, 1.165) is 10.4 Å². The molecule has 0 aromatic heterocycles. The molecule has 1 aliphatic rings. The Morgan fingerprint density at radius 2 is 2.19 bits per heavy atom. The minimum atomic E-state index is -3.95. The Kier molecular flexibility index (Phi) is 5.00. The van der Waals surface area contributed by atoms with E-state index in [-0.39, 0.29) is 18.0 Å². The van der Waals surface area contributed by atoms with Crippen LogP contribution in [0, 0.1) is 11.7 Å². The van der Waals surface area contributed by atoms with Gasteiger partial charge in [-0.3, -0.25) is 4.79 Å². The first-order valence-electron chi connectivity index (χ1n) is 6.39. The van der Waals surface area contributed by atoms with E-state index in [1.807, 2.05) is 0 Å². The van der Waals surface area contributed by atoms with E-state index in [9.17, 15) is 17.6 Å². The topological polar surface area (TPSA) is 63.7 Å². The van der Waals surface area contributed by atoms with Gasteiger partial charge in [0.2, 0.25) is 10.0 Å². The molecular weight excluding hydrogens is 365 g/mol. The fourth-order valence-electron chi connectivity index (χ4n) is 2.34. The molecule has 1 atom stereocenters. The van der Waals surface area contributed by atoms with Gasteiger partial charge >= 0.3 is 5.97 Å². The van der Waals surface area contributed by atoms with Crippen molar-refractivity contribution in [3.63, 3.8) is 0 Å². The van der Waals surface area contributed by atoms with E-state index in [2.05, 4.69) is 20.7 Å². The van der Waals surface area contributed by atoms with Crippen LogP contribution in [0.3, 0.4) is 0 Å². The van der Waals surface area contributed by atoms with Crippen molar-refractivity contribution in [1.29, 1.82) is 0 Å². The van der Waals surface area contributed by atoms with Crippen LogP contribution in [0.25, 0.3) is 0 Å². The summed E-state index contributed by atoms with van der Waals surface area (Å²) in [5, 5.41) is 0. The predicted octanol–water partition coefficient (Wildman–Crippen LogP) is 2.16. The van der Waals surface area contributed by atoms with Gasteiger partial charge in [-0.25, -0.2) is 12.8 Å². The zero-order valence-electron chi connectivity index (χ0n) is 11.4. The fourth-order valence-corrected chi connectivity index (χ4v) is 4.25. The van der Waals surface area contributed by atoms with Crippen molar-refractivity contribution in [2.75, 3.05) is 20.2 Å². The van der Waals surface area contributed by atoms with Crippen LogP contribution in [0.2, 0.25) is 0 Å². The largest absolute Gasteiger partial charge is 0.469 e. The number of piperidine rings is 1. The van der Waals surface area contributed by atoms with E-state index in [1.54, 1.807) is 0 Å². The molecule has 0 spiro atoms. The Hall–Kier alpha value is -0.990. The molecule has 2 rings (SSSR count). The van der Waals surface area contributed by atoms with Crippen LogP contribution in [0.4, 0.5) is 4.39 Å². The highest BCUT2D eigenvalue weighted by Crippen LogP contribution is 2.27. The number of hydrogen-bond donors (Lipinski definition) is 0. The summed E-state index contributed by atoms with van der Waals surface area (Å²) in [6.07, 6.45) is 1.11. The third kappa shape index (κ3) is 3.44. The molecule has 1 heterocycles. The maximum Gasteiger partial charge on any atom is 0.309 e. The SMILES string of the molecule is COC(=O)[C@H]1CCCN(S(=O)(=O)c2ccc(Br)cc2F)C1. The van der Waals surface area contributed by atoms with Gasteiger partial charge in [-0.2, -0.15) is 4.31 Å². The summed E-state index contributed by atoms with van der Waals surface area (Å²) in [7, 11) is -2.69. The van der Waals surface area contributed by atoms with Gasteiger partial charge in [0.1, 0.15) is 10.7 Å². The van der Waals surface area contributed by atoms with Crippen molar-refractivity contribution in [3.05, 3.63) is 28.5 Å². The lowest BCUT2D eigenvalue weighted by Gasteiger charge is -2.30. The monoisotopic (exact) mass is 379 g/mol. The Morgan fingerprint density at radius 1 is 1.48 bits per heavy atom. The van der Waals surface area contributed by atoms with Crippen LogP contribution < -0.4 is 0 Å². The fraction of sp³-hybridized carbons (Fsp3) is 0.462. The first-order valence-corrected chi connectivity index (χ1v) is 8.62. The van der Waals surface area contributed by atoms with Crippen LogP contribution >= 0.6 is 15.9 Å². The Bertz CT molecular complexity index is 650. The van der Waals surface area contributed by atoms with E-state index in [1.165, 1.54) is 19.2 Å². The van der Waals surface area contributed by atoms with Crippen LogP contribution in [0.1, 0.15) is 12.8 Å². The molecule has 0 amide bonds. The number of esters is 1. The molecule has 1 aliphatic heterocycles. The summed E-state index contributed by atoms with van der Waals surface area (Å²) in [4.78, 5) is 11.2. The molecule has 1 saturated heterocycles. The number of halogens is 2. The minimum Gasteiger partial charge on any atom is -0.469 e. The maximum atomic E-state index is 13.9. The summed E-state index contributed by atoms with van der Waals surface area (Å²) >= 11 is 3.09. The highest BCUT2D eigenvalue weighted by atomic mass is 79.9. The van der Waals surface area contributed by atoms with Gasteiger partial charge in [-0.1, -0.05) is 15.9 Å². The summed E-state index contributed by atoms with van der Waals surface area (Å²) in [6, 6.07) is 3.79. The lowest BCUT2D eigenvalue weighted by Crippen LogP contribution is -2.42. The van der Waals surface area contributed by atoms with E-state index < -0.39 is 27.7 Å². The van der Waals surface area contributed by atoms with E-state index in [4.69, 9.17) is 0 Å². The molecule has 0 N–H and O–H groups in total. The number of benzene rings is 1. The standard InChI is InChI=1S/C13H15BrFNO4S/c1-20-13(17)9-3-2-6-16(8-9)21(18,19)12-5-4-10(14)7-11(12)15/h4-5,7,9H,2-3,6,8H2,1H3/t9-/m0/s1. The number of nitrogens with zero attached hydrogens (tertiary/aromatic N) is 1. The van der Waals surface area contributed by atoms with Gasteiger partial charge in [-0.05, 0) is 31.0 Å². The lowest BCUT2D eigenvalue weighted by atomic mass is 10.0. The third-order valence-electron chi connectivity index (χ3n) is 3.43. The molecule has 0 aliphatic carbocycles. The zero-order chi connectivity index (χ0) is 15.6. The second-order valence-electron chi connectivity index (χ2n) is 4.80. The highest BCUT2D eigenvalue weighted by Gasteiger charge is 2.35. The van der Waals surface area contributed by atoms with Gasteiger partial charge < -0.3 is 4.74 Å². The quantitative estimate of drug-likeness (QED) is 0.754. The number of sulfonamides is 1. The van der Waals surface area contributed by atoms with Gasteiger partial charge in [-0.15, -0.1) is 0 Å². The molecule has 0 bridgehead atoms. The van der Waals surface area contributed by atoms with Gasteiger partial charge in [0.25, 0.3) is 0 Å². The number of carbonyl (C=O) groups is 1. The van der Waals surface area contributed by atoms with Crippen molar-refractivity contribution in [3.8, 4) is 0 Å². The summed E-state index contributed by atoms with van der Waals surface area (Å²) in [6.45, 7) is 0.288. The number of methoxy groups -OCH3 is 1. The number of rotatable bonds is 3. The molecule has 5 nitrogen and oxygen atoms in total. The predicted molar refractivity (Wildman–Crippen MR) is 77.6 cm³/mol. The molecule has 0 radical (unpaired) electrons. The second-order valence-corrected chi connectivity index (χ2v) is 7.62. The lowest BCUT2D eigenvalue weighted by molar-refractivity contribution is -0.146. The first kappa shape index (κ1) is 16.4. The van der Waals surface area contributed by atoms with Crippen LogP contribution in [-0.4, -0.2) is 38.9 Å². The second kappa shape index (κ2) is 6.41. The molecule has 8 heteroatoms. The minimum absolute atomic E-state index is 0.0184. The van der Waals surface area contributed by atoms with E-state index in [0.29, 0.717) is 17.3 Å². The van der Waals surface area contributed by atoms with Crippen molar-refractivity contribution >= 4 is 31.9 Å². The summed E-state index contributed by atoms with van der Waals surface area (Å²) in [5.41, 5.74) is 0. The molecular formula is C13H15BrFNO4S. The van der Waals surface area contributed by atoms with Crippen molar-refractivity contribution in [2.45, 2.75) is 17.7 Å². The Labute approximate surface area is 131 Å². The summed E-state index contributed by atoms with van der Waals surface area (Å²) < 4.78 is 45.1. The van der Waals surface area contributed by atoms with Gasteiger partial charge in [0.05, 0.1) is 13.0 Å². The molecule has 1 fully saturated rings. The first-order chi connectivity index (χ1) is 9.86. The number of carbonyl (C=O) groups excluding carboxylic acids is 1. The molecule has 116 valence electrons. The average molecular weight is 380 g/mol. The molecule has 1 aromatic carbocycles. The van der Waals surface area contributed by atoms with E-state index >= 15 is 0 Å². The highest BCUT2D eigenvalue weighted by molar-refractivity contribution is 9.10. The maximum absolute atomic E-state index is 13.9. The van der Waals surface area contributed by atoms with Gasteiger partial charge in [0, 0.05) is 17.6 Å². The van der Waals surface area contributed by atoms with Gasteiger partial charge in [0.15, 0.2) is 0 Å².